The fourth-order valence-electron chi connectivity index (χ4n) is 2.95. The third-order valence-corrected chi connectivity index (χ3v) is 4.83. The number of aromatic nitrogens is 3. The molecule has 3 rings (SSSR count). The zero-order valence-electron chi connectivity index (χ0n) is 14.5. The molecule has 0 aliphatic heterocycles. The third kappa shape index (κ3) is 3.58. The fraction of sp³-hybridized carbons (Fsp3) is 0.211. The molecule has 0 radical (unpaired) electrons. The molecule has 5 nitrogen and oxygen atoms in total. The van der Waals surface area contributed by atoms with Gasteiger partial charge in [-0.05, 0) is 73.9 Å². The van der Waals surface area contributed by atoms with Crippen LogP contribution in [0.25, 0.3) is 11.6 Å². The van der Waals surface area contributed by atoms with Crippen LogP contribution in [0.1, 0.15) is 35.3 Å². The summed E-state index contributed by atoms with van der Waals surface area (Å²) in [6, 6.07) is 5.93. The minimum absolute atomic E-state index is 0.674. The largest absolute Gasteiger partial charge is 0.361 e. The van der Waals surface area contributed by atoms with Crippen molar-refractivity contribution >= 4 is 46.6 Å². The molecule has 0 atom stereocenters. The lowest BCUT2D eigenvalue weighted by Gasteiger charge is -2.08. The van der Waals surface area contributed by atoms with E-state index in [0.717, 1.165) is 43.2 Å². The molecule has 3 aromatic heterocycles. The van der Waals surface area contributed by atoms with E-state index < -0.39 is 0 Å². The maximum atomic E-state index is 5.30. The summed E-state index contributed by atoms with van der Waals surface area (Å²) < 4.78 is 8.50. The second kappa shape index (κ2) is 7.35. The molecule has 0 spiro atoms. The number of rotatable bonds is 5. The van der Waals surface area contributed by atoms with E-state index in [1.807, 2.05) is 32.0 Å². The first-order chi connectivity index (χ1) is 12.0. The Morgan fingerprint density at radius 3 is 2.80 bits per heavy atom. The second-order valence-electron chi connectivity index (χ2n) is 5.84. The Labute approximate surface area is 160 Å². The van der Waals surface area contributed by atoms with Gasteiger partial charge in [0.25, 0.3) is 0 Å². The van der Waals surface area contributed by atoms with Gasteiger partial charge in [0.05, 0.1) is 27.2 Å². The van der Waals surface area contributed by atoms with Gasteiger partial charge < -0.3 is 9.09 Å². The lowest BCUT2D eigenvalue weighted by molar-refractivity contribution is 0.393. The number of halogens is 1. The Morgan fingerprint density at radius 1 is 1.40 bits per heavy atom. The monoisotopic (exact) mass is 446 g/mol. The standard InChI is InChI=1S/C19H19IN4O/c1-12(18-13(2)23-25-14(18)3)9-17-19(21-4)16(20)11-24(17)10-15-7-5-6-8-22-15/h5-9,11H,4,10H2,1-3H3/b12-9+. The van der Waals surface area contributed by atoms with Gasteiger partial charge in [0, 0.05) is 18.0 Å². The quantitative estimate of drug-likeness (QED) is 0.408. The summed E-state index contributed by atoms with van der Waals surface area (Å²) in [4.78, 5) is 8.65. The predicted octanol–water partition coefficient (Wildman–Crippen LogP) is 5.03. The van der Waals surface area contributed by atoms with Crippen molar-refractivity contribution in [1.29, 1.82) is 0 Å². The number of hydrogen-bond acceptors (Lipinski definition) is 4. The van der Waals surface area contributed by atoms with Crippen LogP contribution in [-0.4, -0.2) is 21.4 Å². The summed E-state index contributed by atoms with van der Waals surface area (Å²) in [7, 11) is 0. The van der Waals surface area contributed by atoms with E-state index in [0.29, 0.717) is 6.54 Å². The van der Waals surface area contributed by atoms with Crippen LogP contribution in [0.2, 0.25) is 0 Å². The molecule has 25 heavy (non-hydrogen) atoms. The maximum Gasteiger partial charge on any atom is 0.141 e. The highest BCUT2D eigenvalue weighted by molar-refractivity contribution is 14.1. The number of aliphatic imine (C=N–C) groups is 1. The average Bonchev–Trinajstić information content (AvgIpc) is 3.07. The molecule has 0 aromatic carbocycles. The molecule has 0 fully saturated rings. The molecule has 0 bridgehead atoms. The first kappa shape index (κ1) is 17.6. The smallest absolute Gasteiger partial charge is 0.141 e. The zero-order valence-corrected chi connectivity index (χ0v) is 16.6. The van der Waals surface area contributed by atoms with Gasteiger partial charge in [0.1, 0.15) is 11.4 Å². The zero-order chi connectivity index (χ0) is 18.0. The van der Waals surface area contributed by atoms with E-state index in [4.69, 9.17) is 4.52 Å². The van der Waals surface area contributed by atoms with E-state index >= 15 is 0 Å². The van der Waals surface area contributed by atoms with Crippen molar-refractivity contribution in [3.8, 4) is 0 Å². The molecule has 0 amide bonds. The lowest BCUT2D eigenvalue weighted by atomic mass is 10.0. The van der Waals surface area contributed by atoms with Gasteiger partial charge in [-0.2, -0.15) is 0 Å². The third-order valence-electron chi connectivity index (χ3n) is 4.04. The maximum absolute atomic E-state index is 5.30. The second-order valence-corrected chi connectivity index (χ2v) is 7.01. The Balaban J connectivity index is 2.08. The molecule has 6 heteroatoms. The lowest BCUT2D eigenvalue weighted by Crippen LogP contribution is -2.02. The molecule has 3 heterocycles. The summed E-state index contributed by atoms with van der Waals surface area (Å²) in [6.45, 7) is 10.3. The highest BCUT2D eigenvalue weighted by atomic mass is 127. The highest BCUT2D eigenvalue weighted by Crippen LogP contribution is 2.33. The van der Waals surface area contributed by atoms with E-state index in [1.54, 1.807) is 6.20 Å². The van der Waals surface area contributed by atoms with E-state index in [1.165, 1.54) is 0 Å². The van der Waals surface area contributed by atoms with Crippen molar-refractivity contribution in [3.63, 3.8) is 0 Å². The number of hydrogen-bond donors (Lipinski definition) is 0. The Bertz CT molecular complexity index is 918. The summed E-state index contributed by atoms with van der Waals surface area (Å²) in [5.41, 5.74) is 5.88. The minimum atomic E-state index is 0.674. The van der Waals surface area contributed by atoms with Crippen LogP contribution < -0.4 is 0 Å². The van der Waals surface area contributed by atoms with Gasteiger partial charge in [-0.3, -0.25) is 9.98 Å². The minimum Gasteiger partial charge on any atom is -0.361 e. The summed E-state index contributed by atoms with van der Waals surface area (Å²) in [5, 5.41) is 4.05. The number of aryl methyl sites for hydroxylation is 2. The first-order valence-electron chi connectivity index (χ1n) is 7.88. The van der Waals surface area contributed by atoms with Crippen LogP contribution in [0, 0.1) is 17.4 Å². The molecule has 0 N–H and O–H groups in total. The van der Waals surface area contributed by atoms with Crippen molar-refractivity contribution in [2.75, 3.05) is 0 Å². The molecule has 128 valence electrons. The highest BCUT2D eigenvalue weighted by Gasteiger charge is 2.15. The average molecular weight is 446 g/mol. The molecule has 0 saturated carbocycles. The summed E-state index contributed by atoms with van der Waals surface area (Å²) in [6.07, 6.45) is 5.99. The van der Waals surface area contributed by atoms with Crippen molar-refractivity contribution in [2.24, 2.45) is 4.99 Å². The van der Waals surface area contributed by atoms with Gasteiger partial charge in [-0.15, -0.1) is 0 Å². The van der Waals surface area contributed by atoms with Crippen LogP contribution >= 0.6 is 22.6 Å². The molecule has 0 saturated heterocycles. The van der Waals surface area contributed by atoms with Crippen LogP contribution in [0.4, 0.5) is 5.69 Å². The van der Waals surface area contributed by atoms with Crippen LogP contribution in [0.15, 0.2) is 40.1 Å². The molecule has 0 aliphatic rings. The Morgan fingerprint density at radius 2 is 2.20 bits per heavy atom. The molecule has 0 unspecified atom stereocenters. The summed E-state index contributed by atoms with van der Waals surface area (Å²) >= 11 is 2.29. The number of allylic oxidation sites excluding steroid dienone is 1. The van der Waals surface area contributed by atoms with Crippen molar-refractivity contribution in [1.82, 2.24) is 14.7 Å². The SMILES string of the molecule is C=Nc1c(I)cn(Cc2ccccn2)c1/C=C(\C)c1c(C)noc1C. The molecule has 0 aliphatic carbocycles. The van der Waals surface area contributed by atoms with E-state index in [9.17, 15) is 0 Å². The van der Waals surface area contributed by atoms with Crippen molar-refractivity contribution < 1.29 is 4.52 Å². The molecular formula is C19H19IN4O. The number of nitrogens with zero attached hydrogens (tertiary/aromatic N) is 4. The Kier molecular flexibility index (Phi) is 5.17. The van der Waals surface area contributed by atoms with Gasteiger partial charge >= 0.3 is 0 Å². The first-order valence-corrected chi connectivity index (χ1v) is 8.96. The van der Waals surface area contributed by atoms with Crippen LogP contribution in [0.5, 0.6) is 0 Å². The van der Waals surface area contributed by atoms with Gasteiger partial charge in [0.2, 0.25) is 0 Å². The van der Waals surface area contributed by atoms with Crippen LogP contribution in [-0.2, 0) is 6.54 Å². The van der Waals surface area contributed by atoms with Gasteiger partial charge in [0.15, 0.2) is 0 Å². The van der Waals surface area contributed by atoms with Crippen LogP contribution in [0.3, 0.4) is 0 Å². The van der Waals surface area contributed by atoms with E-state index in [2.05, 4.69) is 68.2 Å². The van der Waals surface area contributed by atoms with Gasteiger partial charge in [-0.1, -0.05) is 11.2 Å². The number of pyridine rings is 1. The Hall–Kier alpha value is -2.22. The topological polar surface area (TPSA) is 56.2 Å². The van der Waals surface area contributed by atoms with E-state index in [-0.39, 0.29) is 0 Å². The fourth-order valence-corrected chi connectivity index (χ4v) is 3.74. The molecule has 3 aromatic rings. The summed E-state index contributed by atoms with van der Waals surface area (Å²) in [5.74, 6) is 0.817. The predicted molar refractivity (Wildman–Crippen MR) is 109 cm³/mol. The normalized spacial score (nSPS) is 11.8. The van der Waals surface area contributed by atoms with Crippen molar-refractivity contribution in [3.05, 3.63) is 62.6 Å². The van der Waals surface area contributed by atoms with Crippen molar-refractivity contribution in [2.45, 2.75) is 27.3 Å². The molecular weight excluding hydrogens is 427 g/mol. The van der Waals surface area contributed by atoms with Gasteiger partial charge in [-0.25, -0.2) is 0 Å².